The summed E-state index contributed by atoms with van der Waals surface area (Å²) in [6.45, 7) is 4.49. The van der Waals surface area contributed by atoms with Crippen LogP contribution in [0.5, 0.6) is 0 Å². The Morgan fingerprint density at radius 2 is 1.81 bits per heavy atom. The second-order valence-electron chi connectivity index (χ2n) is 5.19. The molecule has 0 fully saturated rings. The largest absolute Gasteiger partial charge is 0.261 e. The molecule has 0 amide bonds. The van der Waals surface area contributed by atoms with Crippen LogP contribution in [0.3, 0.4) is 0 Å². The van der Waals surface area contributed by atoms with Gasteiger partial charge < -0.3 is 0 Å². The molecule has 1 aromatic heterocycles. The number of hydrogen-bond acceptors (Lipinski definition) is 3. The molecule has 1 N–H and O–H groups in total. The van der Waals surface area contributed by atoms with Crippen molar-refractivity contribution in [3.8, 4) is 0 Å². The number of pyridine rings is 1. The molecule has 0 aliphatic heterocycles. The minimum Gasteiger partial charge on any atom is -0.261 e. The Morgan fingerprint density at radius 1 is 1.10 bits per heavy atom. The molecule has 2 rings (SSSR count). The van der Waals surface area contributed by atoms with Crippen molar-refractivity contribution >= 4 is 10.0 Å². The summed E-state index contributed by atoms with van der Waals surface area (Å²) in [4.78, 5) is 4.47. The van der Waals surface area contributed by atoms with Crippen molar-refractivity contribution in [3.05, 3.63) is 59.9 Å². The molecule has 0 radical (unpaired) electrons. The highest BCUT2D eigenvalue weighted by Gasteiger charge is 2.13. The van der Waals surface area contributed by atoms with E-state index in [4.69, 9.17) is 0 Å². The molecule has 1 aromatic carbocycles. The van der Waals surface area contributed by atoms with Crippen LogP contribution in [0, 0.1) is 0 Å². The Labute approximate surface area is 126 Å². The molecular formula is C16H20N2O2S. The van der Waals surface area contributed by atoms with Gasteiger partial charge >= 0.3 is 0 Å². The summed E-state index contributed by atoms with van der Waals surface area (Å²) in [6, 6.07) is 12.6. The average Bonchev–Trinajstić information content (AvgIpc) is 2.48. The lowest BCUT2D eigenvalue weighted by atomic mass is 10.0. The number of benzene rings is 1. The second kappa shape index (κ2) is 6.83. The zero-order chi connectivity index (χ0) is 15.3. The fourth-order valence-electron chi connectivity index (χ4n) is 1.97. The minimum absolute atomic E-state index is 0.299. The lowest BCUT2D eigenvalue weighted by Crippen LogP contribution is -2.26. The minimum atomic E-state index is -3.45. The molecule has 1 heterocycles. The van der Waals surface area contributed by atoms with Crippen LogP contribution in [-0.4, -0.2) is 19.9 Å². The van der Waals surface area contributed by atoms with Gasteiger partial charge in [0.05, 0.1) is 4.90 Å². The Bertz CT molecular complexity index is 665. The maximum Gasteiger partial charge on any atom is 0.240 e. The van der Waals surface area contributed by atoms with Gasteiger partial charge in [0.25, 0.3) is 0 Å². The van der Waals surface area contributed by atoms with Crippen LogP contribution >= 0.6 is 0 Å². The molecule has 2 aromatic rings. The normalized spacial score (nSPS) is 11.8. The summed E-state index contributed by atoms with van der Waals surface area (Å²) < 4.78 is 26.9. The predicted molar refractivity (Wildman–Crippen MR) is 83.7 cm³/mol. The first-order valence-corrected chi connectivity index (χ1v) is 8.47. The van der Waals surface area contributed by atoms with Gasteiger partial charge in [0.1, 0.15) is 0 Å². The fourth-order valence-corrected chi connectivity index (χ4v) is 3.01. The molecule has 0 saturated heterocycles. The lowest BCUT2D eigenvalue weighted by molar-refractivity contribution is 0.581. The summed E-state index contributed by atoms with van der Waals surface area (Å²) >= 11 is 0. The SMILES string of the molecule is CC(C)c1ccc(S(=O)(=O)NCCc2ccccn2)cc1. The van der Waals surface area contributed by atoms with Crippen LogP contribution in [0.2, 0.25) is 0 Å². The number of rotatable bonds is 6. The van der Waals surface area contributed by atoms with Crippen LogP contribution in [0.1, 0.15) is 31.0 Å². The highest BCUT2D eigenvalue weighted by molar-refractivity contribution is 7.89. The molecular weight excluding hydrogens is 284 g/mol. The first-order chi connectivity index (χ1) is 9.99. The van der Waals surface area contributed by atoms with Gasteiger partial charge in [-0.3, -0.25) is 4.98 Å². The third-order valence-corrected chi connectivity index (χ3v) is 4.73. The Balaban J connectivity index is 1.98. The van der Waals surface area contributed by atoms with Crippen LogP contribution in [-0.2, 0) is 16.4 Å². The molecule has 0 saturated carbocycles. The molecule has 0 unspecified atom stereocenters. The Kier molecular flexibility index (Phi) is 5.09. The van der Waals surface area contributed by atoms with Crippen LogP contribution in [0.25, 0.3) is 0 Å². The van der Waals surface area contributed by atoms with Gasteiger partial charge in [-0.05, 0) is 35.7 Å². The van der Waals surface area contributed by atoms with E-state index >= 15 is 0 Å². The van der Waals surface area contributed by atoms with Crippen molar-refractivity contribution in [3.63, 3.8) is 0 Å². The van der Waals surface area contributed by atoms with E-state index in [2.05, 4.69) is 23.6 Å². The van der Waals surface area contributed by atoms with Crippen LogP contribution in [0.15, 0.2) is 53.6 Å². The molecule has 4 nitrogen and oxygen atoms in total. The van der Waals surface area contributed by atoms with Crippen molar-refractivity contribution in [1.29, 1.82) is 0 Å². The van der Waals surface area contributed by atoms with E-state index in [0.29, 0.717) is 23.8 Å². The van der Waals surface area contributed by atoms with Gasteiger partial charge in [0.15, 0.2) is 0 Å². The molecule has 5 heteroatoms. The van der Waals surface area contributed by atoms with Gasteiger partial charge in [-0.2, -0.15) is 0 Å². The maximum atomic E-state index is 12.2. The van der Waals surface area contributed by atoms with Gasteiger partial charge in [0, 0.05) is 24.9 Å². The van der Waals surface area contributed by atoms with E-state index in [1.54, 1.807) is 18.3 Å². The second-order valence-corrected chi connectivity index (χ2v) is 6.96. The highest BCUT2D eigenvalue weighted by atomic mass is 32.2. The van der Waals surface area contributed by atoms with E-state index in [1.807, 2.05) is 30.3 Å². The molecule has 21 heavy (non-hydrogen) atoms. The summed E-state index contributed by atoms with van der Waals surface area (Å²) in [5.74, 6) is 0.388. The molecule has 0 atom stereocenters. The van der Waals surface area contributed by atoms with Gasteiger partial charge in [0.2, 0.25) is 10.0 Å². The number of sulfonamides is 1. The van der Waals surface area contributed by atoms with E-state index in [-0.39, 0.29) is 0 Å². The van der Waals surface area contributed by atoms with E-state index in [9.17, 15) is 8.42 Å². The molecule has 0 aliphatic rings. The first-order valence-electron chi connectivity index (χ1n) is 6.98. The number of hydrogen-bond donors (Lipinski definition) is 1. The van der Waals surface area contributed by atoms with E-state index in [1.165, 1.54) is 0 Å². The van der Waals surface area contributed by atoms with Crippen molar-refractivity contribution < 1.29 is 8.42 Å². The van der Waals surface area contributed by atoms with Crippen molar-refractivity contribution in [2.75, 3.05) is 6.54 Å². The number of aromatic nitrogens is 1. The van der Waals surface area contributed by atoms with E-state index in [0.717, 1.165) is 11.3 Å². The highest BCUT2D eigenvalue weighted by Crippen LogP contribution is 2.17. The third kappa shape index (κ3) is 4.37. The monoisotopic (exact) mass is 304 g/mol. The Morgan fingerprint density at radius 3 is 2.38 bits per heavy atom. The molecule has 112 valence electrons. The number of nitrogens with zero attached hydrogens (tertiary/aromatic N) is 1. The van der Waals surface area contributed by atoms with Gasteiger partial charge in [-0.15, -0.1) is 0 Å². The standard InChI is InChI=1S/C16H20N2O2S/c1-13(2)14-6-8-16(9-7-14)21(19,20)18-12-10-15-5-3-4-11-17-15/h3-9,11,13,18H,10,12H2,1-2H3. The van der Waals surface area contributed by atoms with Crippen molar-refractivity contribution in [2.45, 2.75) is 31.1 Å². The van der Waals surface area contributed by atoms with Crippen LogP contribution in [0.4, 0.5) is 0 Å². The number of nitrogens with one attached hydrogen (secondary N) is 1. The third-order valence-electron chi connectivity index (χ3n) is 3.26. The van der Waals surface area contributed by atoms with Crippen LogP contribution < -0.4 is 4.72 Å². The topological polar surface area (TPSA) is 59.1 Å². The quantitative estimate of drug-likeness (QED) is 0.892. The Hall–Kier alpha value is -1.72. The summed E-state index contributed by atoms with van der Waals surface area (Å²) in [6.07, 6.45) is 2.28. The fraction of sp³-hybridized carbons (Fsp3) is 0.312. The summed E-state index contributed by atoms with van der Waals surface area (Å²) in [7, 11) is -3.45. The lowest BCUT2D eigenvalue weighted by Gasteiger charge is -2.09. The van der Waals surface area contributed by atoms with Crippen molar-refractivity contribution in [1.82, 2.24) is 9.71 Å². The maximum absolute atomic E-state index is 12.2. The molecule has 0 bridgehead atoms. The summed E-state index contributed by atoms with van der Waals surface area (Å²) in [5, 5.41) is 0. The van der Waals surface area contributed by atoms with Crippen molar-refractivity contribution in [2.24, 2.45) is 0 Å². The van der Waals surface area contributed by atoms with Gasteiger partial charge in [-0.25, -0.2) is 13.1 Å². The average molecular weight is 304 g/mol. The summed E-state index contributed by atoms with van der Waals surface area (Å²) in [5.41, 5.74) is 2.00. The molecule has 0 aliphatic carbocycles. The predicted octanol–water partition coefficient (Wildman–Crippen LogP) is 2.73. The van der Waals surface area contributed by atoms with E-state index < -0.39 is 10.0 Å². The van der Waals surface area contributed by atoms with Gasteiger partial charge in [-0.1, -0.05) is 32.0 Å². The molecule has 0 spiro atoms. The smallest absolute Gasteiger partial charge is 0.240 e. The first kappa shape index (κ1) is 15.7. The zero-order valence-electron chi connectivity index (χ0n) is 12.3. The zero-order valence-corrected chi connectivity index (χ0v) is 13.1.